The van der Waals surface area contributed by atoms with Crippen molar-refractivity contribution in [1.82, 2.24) is 4.57 Å². The second-order valence-corrected chi connectivity index (χ2v) is 5.44. The standard InChI is InChI=1S/C18H15F2N2/c1-2-14-8-9-15-12-16-10-11-17(13-6-4-3-5-7-13)22(16)18(19,20)21(14)15/h3-12H,2H2,1H3/q+1. The first-order valence-electron chi connectivity index (χ1n) is 7.34. The quantitative estimate of drug-likeness (QED) is 0.585. The highest BCUT2D eigenvalue weighted by molar-refractivity contribution is 6.07. The smallest absolute Gasteiger partial charge is 0.224 e. The molecule has 0 bridgehead atoms. The minimum absolute atomic E-state index is 0.525. The molecule has 3 heterocycles. The van der Waals surface area contributed by atoms with Gasteiger partial charge in [-0.25, -0.2) is 4.57 Å². The molecule has 1 aromatic heterocycles. The number of fused-ring (bicyclic) bond motifs is 2. The Labute approximate surface area is 127 Å². The first-order chi connectivity index (χ1) is 10.6. The number of halogens is 2. The zero-order chi connectivity index (χ0) is 15.3. The molecule has 2 nitrogen and oxygen atoms in total. The van der Waals surface area contributed by atoms with Gasteiger partial charge in [0.05, 0.1) is 5.69 Å². The van der Waals surface area contributed by atoms with Crippen molar-refractivity contribution < 1.29 is 13.4 Å². The van der Waals surface area contributed by atoms with Crippen LogP contribution in [0.15, 0.2) is 60.3 Å². The minimum Gasteiger partial charge on any atom is -0.224 e. The summed E-state index contributed by atoms with van der Waals surface area (Å²) in [6, 6.07) is 12.8. The van der Waals surface area contributed by atoms with E-state index < -0.39 is 6.17 Å². The van der Waals surface area contributed by atoms with Gasteiger partial charge >= 0.3 is 6.17 Å². The fourth-order valence-corrected chi connectivity index (χ4v) is 3.16. The maximum absolute atomic E-state index is 15.2. The van der Waals surface area contributed by atoms with E-state index in [0.29, 0.717) is 29.2 Å². The van der Waals surface area contributed by atoms with Crippen LogP contribution in [0.3, 0.4) is 0 Å². The van der Waals surface area contributed by atoms with Gasteiger partial charge in [0.2, 0.25) is 11.4 Å². The van der Waals surface area contributed by atoms with Crippen LogP contribution in [-0.4, -0.2) is 14.9 Å². The van der Waals surface area contributed by atoms with Gasteiger partial charge in [0.15, 0.2) is 0 Å². The van der Waals surface area contributed by atoms with Crippen molar-refractivity contribution in [2.75, 3.05) is 0 Å². The number of allylic oxidation sites excluding steroid dienone is 2. The molecule has 2 aliphatic heterocycles. The minimum atomic E-state index is -3.11. The largest absolute Gasteiger partial charge is 0.565 e. The number of aromatic nitrogens is 1. The van der Waals surface area contributed by atoms with Crippen molar-refractivity contribution in [3.05, 3.63) is 77.3 Å². The third-order valence-electron chi connectivity index (χ3n) is 4.17. The summed E-state index contributed by atoms with van der Waals surface area (Å²) in [7, 11) is 0. The predicted molar refractivity (Wildman–Crippen MR) is 81.9 cm³/mol. The maximum atomic E-state index is 15.2. The van der Waals surface area contributed by atoms with E-state index in [4.69, 9.17) is 0 Å². The maximum Gasteiger partial charge on any atom is 0.565 e. The zero-order valence-corrected chi connectivity index (χ0v) is 12.1. The van der Waals surface area contributed by atoms with Crippen LogP contribution in [0.5, 0.6) is 0 Å². The summed E-state index contributed by atoms with van der Waals surface area (Å²) >= 11 is 0. The molecule has 0 saturated heterocycles. The second-order valence-electron chi connectivity index (χ2n) is 5.44. The average Bonchev–Trinajstić information content (AvgIpc) is 3.13. The van der Waals surface area contributed by atoms with Crippen LogP contribution in [0.25, 0.3) is 6.08 Å². The van der Waals surface area contributed by atoms with Crippen molar-refractivity contribution in [2.24, 2.45) is 0 Å². The lowest BCUT2D eigenvalue weighted by atomic mass is 10.1. The number of hydrogen-bond acceptors (Lipinski definition) is 0. The molecule has 0 atom stereocenters. The highest BCUT2D eigenvalue weighted by atomic mass is 19.3. The fraction of sp³-hybridized carbons (Fsp3) is 0.167. The Morgan fingerprint density at radius 1 is 1.05 bits per heavy atom. The van der Waals surface area contributed by atoms with Crippen LogP contribution in [0.2, 0.25) is 0 Å². The molecule has 2 aromatic rings. The summed E-state index contributed by atoms with van der Waals surface area (Å²) in [5, 5.41) is 0. The van der Waals surface area contributed by atoms with Gasteiger partial charge in [-0.15, -0.1) is 13.4 Å². The molecule has 4 heteroatoms. The van der Waals surface area contributed by atoms with E-state index in [2.05, 4.69) is 0 Å². The molecule has 4 rings (SSSR count). The van der Waals surface area contributed by atoms with Crippen molar-refractivity contribution in [3.8, 4) is 0 Å². The molecule has 22 heavy (non-hydrogen) atoms. The Morgan fingerprint density at radius 2 is 1.82 bits per heavy atom. The Balaban J connectivity index is 1.99. The van der Waals surface area contributed by atoms with E-state index in [1.54, 1.807) is 24.3 Å². The number of rotatable bonds is 2. The number of alkyl halides is 2. The van der Waals surface area contributed by atoms with E-state index in [-0.39, 0.29) is 0 Å². The molecule has 0 spiro atoms. The normalized spacial score (nSPS) is 18.2. The Bertz CT molecular complexity index is 839. The molecule has 0 amide bonds. The molecular weight excluding hydrogens is 282 g/mol. The summed E-state index contributed by atoms with van der Waals surface area (Å²) in [5.41, 5.74) is 3.02. The van der Waals surface area contributed by atoms with E-state index in [9.17, 15) is 0 Å². The van der Waals surface area contributed by atoms with Gasteiger partial charge in [-0.3, -0.25) is 0 Å². The topological polar surface area (TPSA) is 7.94 Å². The van der Waals surface area contributed by atoms with Crippen LogP contribution >= 0.6 is 0 Å². The molecule has 1 aromatic carbocycles. The predicted octanol–water partition coefficient (Wildman–Crippen LogP) is 3.98. The number of benzene rings is 1. The third kappa shape index (κ3) is 1.67. The summed E-state index contributed by atoms with van der Waals surface area (Å²) in [4.78, 5) is 0. The Kier molecular flexibility index (Phi) is 2.70. The highest BCUT2D eigenvalue weighted by Gasteiger charge is 2.54. The number of nitrogens with zero attached hydrogens (tertiary/aromatic N) is 2. The monoisotopic (exact) mass is 297 g/mol. The number of hydrogen-bond donors (Lipinski definition) is 0. The molecule has 0 unspecified atom stereocenters. The Morgan fingerprint density at radius 3 is 2.55 bits per heavy atom. The SMILES string of the molecule is CCc1ccc2n1C(F)(F)[N+]1=C(c3ccccc3)C=CC1=C2. The van der Waals surface area contributed by atoms with Gasteiger partial charge in [-0.1, -0.05) is 25.1 Å². The van der Waals surface area contributed by atoms with E-state index in [0.717, 1.165) is 14.7 Å². The summed E-state index contributed by atoms with van der Waals surface area (Å²) < 4.78 is 32.6. The third-order valence-corrected chi connectivity index (χ3v) is 4.17. The molecular formula is C18H15F2N2+. The van der Waals surface area contributed by atoms with Crippen molar-refractivity contribution in [1.29, 1.82) is 0 Å². The van der Waals surface area contributed by atoms with E-state index in [1.165, 1.54) is 0 Å². The van der Waals surface area contributed by atoms with Crippen molar-refractivity contribution in [3.63, 3.8) is 0 Å². The fourth-order valence-electron chi connectivity index (χ4n) is 3.16. The van der Waals surface area contributed by atoms with Gasteiger partial charge in [0.1, 0.15) is 0 Å². The van der Waals surface area contributed by atoms with Gasteiger partial charge in [-0.2, -0.15) is 0 Å². The molecule has 2 aliphatic rings. The second kappa shape index (κ2) is 4.50. The van der Waals surface area contributed by atoms with E-state index >= 15 is 8.78 Å². The van der Waals surface area contributed by atoms with E-state index in [1.807, 2.05) is 43.3 Å². The molecule has 0 N–H and O–H groups in total. The van der Waals surface area contributed by atoms with Gasteiger partial charge < -0.3 is 0 Å². The van der Waals surface area contributed by atoms with Gasteiger partial charge in [0, 0.05) is 29.5 Å². The number of aryl methyl sites for hydroxylation is 1. The van der Waals surface area contributed by atoms with Gasteiger partial charge in [-0.05, 0) is 30.7 Å². The molecule has 0 saturated carbocycles. The lowest BCUT2D eigenvalue weighted by Gasteiger charge is -2.23. The summed E-state index contributed by atoms with van der Waals surface area (Å²) in [6.07, 6.45) is 2.78. The lowest BCUT2D eigenvalue weighted by molar-refractivity contribution is -0.673. The highest BCUT2D eigenvalue weighted by Crippen LogP contribution is 2.38. The molecule has 0 aliphatic carbocycles. The lowest BCUT2D eigenvalue weighted by Crippen LogP contribution is -2.41. The average molecular weight is 297 g/mol. The zero-order valence-electron chi connectivity index (χ0n) is 12.1. The van der Waals surface area contributed by atoms with Crippen LogP contribution in [0.4, 0.5) is 8.78 Å². The van der Waals surface area contributed by atoms with Gasteiger partial charge in [0.25, 0.3) is 0 Å². The molecule has 0 radical (unpaired) electrons. The molecule has 0 fully saturated rings. The van der Waals surface area contributed by atoms with Crippen molar-refractivity contribution in [2.45, 2.75) is 19.5 Å². The summed E-state index contributed by atoms with van der Waals surface area (Å²) in [6.45, 7) is 1.89. The first-order valence-corrected chi connectivity index (χ1v) is 7.34. The molecule has 110 valence electrons. The first kappa shape index (κ1) is 13.2. The van der Waals surface area contributed by atoms with Crippen LogP contribution < -0.4 is 0 Å². The van der Waals surface area contributed by atoms with Crippen LogP contribution in [0.1, 0.15) is 23.9 Å². The van der Waals surface area contributed by atoms with Crippen molar-refractivity contribution >= 4 is 11.8 Å². The van der Waals surface area contributed by atoms with Crippen LogP contribution in [0, 0.1) is 0 Å². The Hall–Kier alpha value is -2.49. The summed E-state index contributed by atoms with van der Waals surface area (Å²) in [5.74, 6) is 0. The van der Waals surface area contributed by atoms with Crippen LogP contribution in [-0.2, 0) is 12.6 Å².